The summed E-state index contributed by atoms with van der Waals surface area (Å²) in [6.45, 7) is 0. The Morgan fingerprint density at radius 2 is 1.94 bits per heavy atom. The van der Waals surface area contributed by atoms with Gasteiger partial charge in [-0.05, 0) is 23.8 Å². The largest absolute Gasteiger partial charge is 0.469 e. The van der Waals surface area contributed by atoms with Gasteiger partial charge in [-0.1, -0.05) is 29.8 Å². The van der Waals surface area contributed by atoms with Crippen LogP contribution in [0.2, 0.25) is 5.02 Å². The van der Waals surface area contributed by atoms with Gasteiger partial charge in [0.05, 0.1) is 12.4 Å². The second-order valence-electron chi connectivity index (χ2n) is 3.73. The number of furan rings is 1. The molecule has 0 radical (unpaired) electrons. The van der Waals surface area contributed by atoms with Crippen LogP contribution in [0.15, 0.2) is 47.1 Å². The molecule has 1 aromatic heterocycles. The Morgan fingerprint density at radius 1 is 1.12 bits per heavy atom. The standard InChI is InChI=1S/C13H13ClO2/c14-13-6-2-1-4-10(13)8-11(15)9-12-5-3-7-16-12/h1-7,11,15H,8-9H2. The monoisotopic (exact) mass is 236 g/mol. The fourth-order valence-electron chi connectivity index (χ4n) is 1.65. The van der Waals surface area contributed by atoms with Crippen molar-refractivity contribution in [2.45, 2.75) is 18.9 Å². The maximum Gasteiger partial charge on any atom is 0.106 e. The molecule has 2 rings (SSSR count). The second-order valence-corrected chi connectivity index (χ2v) is 4.14. The van der Waals surface area contributed by atoms with Gasteiger partial charge in [0, 0.05) is 17.9 Å². The lowest BCUT2D eigenvalue weighted by Gasteiger charge is -2.10. The molecule has 0 fully saturated rings. The Balaban J connectivity index is 1.97. The molecule has 2 aromatic rings. The van der Waals surface area contributed by atoms with Crippen LogP contribution in [-0.2, 0) is 12.8 Å². The highest BCUT2D eigenvalue weighted by Crippen LogP contribution is 2.18. The highest BCUT2D eigenvalue weighted by Gasteiger charge is 2.10. The molecule has 1 heterocycles. The SMILES string of the molecule is OC(Cc1ccco1)Cc1ccccc1Cl. The van der Waals surface area contributed by atoms with Crippen molar-refractivity contribution in [1.29, 1.82) is 0 Å². The van der Waals surface area contributed by atoms with Gasteiger partial charge in [-0.25, -0.2) is 0 Å². The van der Waals surface area contributed by atoms with Crippen LogP contribution < -0.4 is 0 Å². The summed E-state index contributed by atoms with van der Waals surface area (Å²) in [5, 5.41) is 10.6. The summed E-state index contributed by atoms with van der Waals surface area (Å²) in [4.78, 5) is 0. The van der Waals surface area contributed by atoms with E-state index in [2.05, 4.69) is 0 Å². The Labute approximate surface area is 99.5 Å². The van der Waals surface area contributed by atoms with E-state index in [4.69, 9.17) is 16.0 Å². The van der Waals surface area contributed by atoms with Gasteiger partial charge in [-0.3, -0.25) is 0 Å². The summed E-state index contributed by atoms with van der Waals surface area (Å²) in [6, 6.07) is 11.2. The third-order valence-corrected chi connectivity index (χ3v) is 2.80. The van der Waals surface area contributed by atoms with Crippen LogP contribution in [0.5, 0.6) is 0 Å². The molecule has 0 amide bonds. The first kappa shape index (κ1) is 11.2. The molecule has 0 aliphatic heterocycles. The van der Waals surface area contributed by atoms with Crippen molar-refractivity contribution in [1.82, 2.24) is 0 Å². The molecule has 16 heavy (non-hydrogen) atoms. The van der Waals surface area contributed by atoms with Gasteiger partial charge in [-0.15, -0.1) is 0 Å². The fourth-order valence-corrected chi connectivity index (χ4v) is 1.86. The third kappa shape index (κ3) is 2.87. The van der Waals surface area contributed by atoms with E-state index in [1.54, 1.807) is 6.26 Å². The topological polar surface area (TPSA) is 33.4 Å². The minimum Gasteiger partial charge on any atom is -0.469 e. The fraction of sp³-hybridized carbons (Fsp3) is 0.231. The molecular weight excluding hydrogens is 224 g/mol. The van der Waals surface area contributed by atoms with E-state index in [9.17, 15) is 5.11 Å². The molecule has 0 aliphatic carbocycles. The van der Waals surface area contributed by atoms with E-state index in [1.807, 2.05) is 36.4 Å². The smallest absolute Gasteiger partial charge is 0.106 e. The van der Waals surface area contributed by atoms with Gasteiger partial charge in [0.1, 0.15) is 5.76 Å². The molecule has 1 unspecified atom stereocenters. The Hall–Kier alpha value is -1.25. The number of aliphatic hydroxyl groups is 1. The van der Waals surface area contributed by atoms with Crippen LogP contribution in [0.25, 0.3) is 0 Å². The van der Waals surface area contributed by atoms with Gasteiger partial charge in [0.15, 0.2) is 0 Å². The molecule has 3 heteroatoms. The van der Waals surface area contributed by atoms with Crippen molar-refractivity contribution < 1.29 is 9.52 Å². The normalized spacial score (nSPS) is 12.6. The number of hydrogen-bond donors (Lipinski definition) is 1. The zero-order chi connectivity index (χ0) is 11.4. The lowest BCUT2D eigenvalue weighted by Crippen LogP contribution is -2.13. The van der Waals surface area contributed by atoms with Crippen molar-refractivity contribution in [2.75, 3.05) is 0 Å². The van der Waals surface area contributed by atoms with Crippen molar-refractivity contribution in [2.24, 2.45) is 0 Å². The van der Waals surface area contributed by atoms with Gasteiger partial charge in [0.25, 0.3) is 0 Å². The molecule has 0 aliphatic rings. The lowest BCUT2D eigenvalue weighted by molar-refractivity contribution is 0.168. The maximum atomic E-state index is 9.88. The van der Waals surface area contributed by atoms with Crippen LogP contribution in [0.4, 0.5) is 0 Å². The summed E-state index contributed by atoms with van der Waals surface area (Å²) in [6.07, 6.45) is 2.20. The molecule has 0 spiro atoms. The number of benzene rings is 1. The van der Waals surface area contributed by atoms with E-state index in [0.29, 0.717) is 17.9 Å². The Bertz CT molecular complexity index is 437. The van der Waals surface area contributed by atoms with E-state index in [-0.39, 0.29) is 0 Å². The Kier molecular flexibility index (Phi) is 3.65. The van der Waals surface area contributed by atoms with Crippen molar-refractivity contribution in [3.05, 3.63) is 59.0 Å². The van der Waals surface area contributed by atoms with Crippen LogP contribution in [0, 0.1) is 0 Å². The van der Waals surface area contributed by atoms with Crippen molar-refractivity contribution in [3.8, 4) is 0 Å². The first-order chi connectivity index (χ1) is 7.75. The lowest BCUT2D eigenvalue weighted by atomic mass is 10.0. The number of hydrogen-bond acceptors (Lipinski definition) is 2. The zero-order valence-corrected chi connectivity index (χ0v) is 9.52. The molecular formula is C13H13ClO2. The average Bonchev–Trinajstić information content (AvgIpc) is 2.74. The average molecular weight is 237 g/mol. The highest BCUT2D eigenvalue weighted by molar-refractivity contribution is 6.31. The molecule has 0 bridgehead atoms. The van der Waals surface area contributed by atoms with Crippen LogP contribution >= 0.6 is 11.6 Å². The summed E-state index contributed by atoms with van der Waals surface area (Å²) < 4.78 is 5.18. The summed E-state index contributed by atoms with van der Waals surface area (Å²) in [7, 11) is 0. The molecule has 84 valence electrons. The number of rotatable bonds is 4. The number of aliphatic hydroxyl groups excluding tert-OH is 1. The molecule has 0 saturated heterocycles. The quantitative estimate of drug-likeness (QED) is 0.885. The van der Waals surface area contributed by atoms with Crippen LogP contribution in [0.3, 0.4) is 0 Å². The van der Waals surface area contributed by atoms with Crippen LogP contribution in [-0.4, -0.2) is 11.2 Å². The van der Waals surface area contributed by atoms with Crippen molar-refractivity contribution >= 4 is 11.6 Å². The third-order valence-electron chi connectivity index (χ3n) is 2.43. The maximum absolute atomic E-state index is 9.88. The van der Waals surface area contributed by atoms with Crippen molar-refractivity contribution in [3.63, 3.8) is 0 Å². The first-order valence-corrected chi connectivity index (χ1v) is 5.57. The van der Waals surface area contributed by atoms with E-state index in [0.717, 1.165) is 11.3 Å². The first-order valence-electron chi connectivity index (χ1n) is 5.19. The van der Waals surface area contributed by atoms with Gasteiger partial charge >= 0.3 is 0 Å². The van der Waals surface area contributed by atoms with E-state index < -0.39 is 6.10 Å². The minimum atomic E-state index is -0.467. The van der Waals surface area contributed by atoms with E-state index >= 15 is 0 Å². The predicted molar refractivity (Wildman–Crippen MR) is 63.6 cm³/mol. The minimum absolute atomic E-state index is 0.467. The van der Waals surface area contributed by atoms with Gasteiger partial charge in [-0.2, -0.15) is 0 Å². The predicted octanol–water partition coefficient (Wildman–Crippen LogP) is 3.08. The van der Waals surface area contributed by atoms with Gasteiger partial charge in [0.2, 0.25) is 0 Å². The molecule has 2 nitrogen and oxygen atoms in total. The van der Waals surface area contributed by atoms with Gasteiger partial charge < -0.3 is 9.52 Å². The van der Waals surface area contributed by atoms with E-state index in [1.165, 1.54) is 0 Å². The second kappa shape index (κ2) is 5.19. The highest BCUT2D eigenvalue weighted by atomic mass is 35.5. The zero-order valence-electron chi connectivity index (χ0n) is 8.77. The molecule has 1 atom stereocenters. The Morgan fingerprint density at radius 3 is 2.62 bits per heavy atom. The van der Waals surface area contributed by atoms with Crippen LogP contribution in [0.1, 0.15) is 11.3 Å². The molecule has 1 N–H and O–H groups in total. The number of halogens is 1. The summed E-state index contributed by atoms with van der Waals surface area (Å²) in [5.74, 6) is 0.791. The molecule has 0 saturated carbocycles. The summed E-state index contributed by atoms with van der Waals surface area (Å²) in [5.41, 5.74) is 0.961. The summed E-state index contributed by atoms with van der Waals surface area (Å²) >= 11 is 6.02. The molecule has 1 aromatic carbocycles.